The number of carboxylic acids is 1. The van der Waals surface area contributed by atoms with E-state index in [0.717, 1.165) is 16.3 Å². The molecule has 28 nitrogen and oxygen atoms in total. The third-order valence-corrected chi connectivity index (χ3v) is 17.8. The van der Waals surface area contributed by atoms with E-state index in [9.17, 15) is 58.5 Å². The van der Waals surface area contributed by atoms with Crippen molar-refractivity contribution in [2.24, 2.45) is 16.5 Å². The Kier molecular flexibility index (Phi) is 31.8. The summed E-state index contributed by atoms with van der Waals surface area (Å²) in [5.74, 6) is -9.64. The molecule has 17 N–H and O–H groups in total. The van der Waals surface area contributed by atoms with Gasteiger partial charge >= 0.3 is 5.97 Å². The maximum absolute atomic E-state index is 15.0. The van der Waals surface area contributed by atoms with E-state index < -0.39 is 132 Å². The molecular weight excluding hydrogens is 1340 g/mol. The molecule has 0 bridgehead atoms. The molecule has 105 heavy (non-hydrogen) atoms. The summed E-state index contributed by atoms with van der Waals surface area (Å²) < 4.78 is 0. The Hall–Kier alpha value is -11.3. The fourth-order valence-corrected chi connectivity index (χ4v) is 12.2. The largest absolute Gasteiger partial charge is 0.508 e. The van der Waals surface area contributed by atoms with Crippen LogP contribution in [0.4, 0.5) is 0 Å². The topological polar surface area (TPSA) is 436 Å². The smallest absolute Gasteiger partial charge is 0.325 e. The normalized spacial score (nSPS) is 15.1. The molecule has 0 radical (unpaired) electrons. The number of carbonyl (C=O) groups is 11. The van der Waals surface area contributed by atoms with Crippen LogP contribution in [-0.2, 0) is 84.8 Å². The zero-order chi connectivity index (χ0) is 76.0. The molecule has 0 unspecified atom stereocenters. The number of carbonyl (C=O) groups excluding carboxylic acids is 10. The Morgan fingerprint density at radius 2 is 0.886 bits per heavy atom. The number of phenols is 1. The maximum Gasteiger partial charge on any atom is 0.325 e. The van der Waals surface area contributed by atoms with Gasteiger partial charge in [-0.25, -0.2) is 0 Å². The number of likely N-dealkylation sites (tertiary alicyclic amines) is 1. The molecule has 0 aromatic heterocycles. The molecule has 10 amide bonds. The molecule has 10 atom stereocenters. The molecule has 0 spiro atoms. The number of aliphatic imine (C=N–C) groups is 1. The van der Waals surface area contributed by atoms with Crippen LogP contribution in [0.3, 0.4) is 0 Å². The number of guanidine groups is 1. The lowest BCUT2D eigenvalue weighted by Crippen LogP contribution is -2.61. The van der Waals surface area contributed by atoms with Gasteiger partial charge < -0.3 is 84.9 Å². The molecule has 0 aliphatic carbocycles. The van der Waals surface area contributed by atoms with Gasteiger partial charge in [0.25, 0.3) is 0 Å². The number of phenolic OH excluding ortho intramolecular Hbond substituents is 1. The number of amides is 10. The van der Waals surface area contributed by atoms with Crippen LogP contribution in [0.25, 0.3) is 10.8 Å². The highest BCUT2D eigenvalue weighted by Gasteiger charge is 2.40. The number of aliphatic hydroxyl groups is 1. The number of nitrogens with one attached hydrogen (secondary N) is 10. The lowest BCUT2D eigenvalue weighted by Gasteiger charge is -2.31. The molecule has 1 fully saturated rings. The summed E-state index contributed by atoms with van der Waals surface area (Å²) in [5.41, 5.74) is 14.2. The summed E-state index contributed by atoms with van der Waals surface area (Å²) in [6, 6.07) is 31.3. The van der Waals surface area contributed by atoms with Gasteiger partial charge in [0.2, 0.25) is 59.1 Å². The lowest BCUT2D eigenvalue weighted by molar-refractivity contribution is -0.144. The molecule has 560 valence electrons. The van der Waals surface area contributed by atoms with E-state index in [-0.39, 0.29) is 88.6 Å². The second-order valence-corrected chi connectivity index (χ2v) is 26.5. The summed E-state index contributed by atoms with van der Waals surface area (Å²) in [7, 11) is 0. The monoisotopic (exact) mass is 1440 g/mol. The highest BCUT2D eigenvalue weighted by Crippen LogP contribution is 2.22. The second-order valence-electron chi connectivity index (χ2n) is 26.5. The van der Waals surface area contributed by atoms with E-state index in [1.54, 1.807) is 91.0 Å². The third-order valence-electron chi connectivity index (χ3n) is 17.8. The number of rotatable bonds is 40. The van der Waals surface area contributed by atoms with Crippen molar-refractivity contribution in [1.29, 1.82) is 0 Å². The highest BCUT2D eigenvalue weighted by molar-refractivity contribution is 5.99. The molecule has 1 saturated heterocycles. The van der Waals surface area contributed by atoms with Gasteiger partial charge in [-0.15, -0.1) is 0 Å². The van der Waals surface area contributed by atoms with Crippen LogP contribution in [0.2, 0.25) is 0 Å². The van der Waals surface area contributed by atoms with Gasteiger partial charge in [-0.1, -0.05) is 159 Å². The molecule has 28 heteroatoms. The Balaban J connectivity index is 1.14. The van der Waals surface area contributed by atoms with E-state index in [1.807, 2.05) is 56.3 Å². The minimum atomic E-state index is -1.81. The van der Waals surface area contributed by atoms with Crippen molar-refractivity contribution in [2.75, 3.05) is 26.2 Å². The molecular formula is C77H98N14O14. The number of hydrogen-bond donors (Lipinski definition) is 15. The van der Waals surface area contributed by atoms with E-state index >= 15 is 9.59 Å². The summed E-state index contributed by atoms with van der Waals surface area (Å²) in [6.07, 6.45) is 1.09. The fourth-order valence-electron chi connectivity index (χ4n) is 12.2. The van der Waals surface area contributed by atoms with E-state index in [1.165, 1.54) is 43.0 Å². The molecule has 6 aromatic carbocycles. The number of aliphatic hydroxyl groups excluding tert-OH is 1. The number of fused-ring (bicyclic) bond motifs is 1. The fraction of sp³-hybridized carbons (Fsp3) is 0.403. The number of carboxylic acid groups (broad SMARTS) is 1. The molecule has 6 aromatic rings. The van der Waals surface area contributed by atoms with Crippen LogP contribution in [0, 0.1) is 0 Å². The summed E-state index contributed by atoms with van der Waals surface area (Å²) in [4.78, 5) is 162. The number of unbranched alkanes of at least 4 members (excludes halogenated alkanes) is 1. The van der Waals surface area contributed by atoms with Crippen molar-refractivity contribution in [1.82, 2.24) is 58.1 Å². The zero-order valence-electron chi connectivity index (χ0n) is 59.6. The number of aliphatic carboxylic acids is 1. The van der Waals surface area contributed by atoms with Gasteiger partial charge in [-0.3, -0.25) is 57.7 Å². The van der Waals surface area contributed by atoms with Gasteiger partial charge in [0.05, 0.1) is 6.61 Å². The van der Waals surface area contributed by atoms with Crippen LogP contribution in [-0.4, -0.2) is 184 Å². The molecule has 7 rings (SSSR count). The van der Waals surface area contributed by atoms with Gasteiger partial charge in [0, 0.05) is 58.2 Å². The van der Waals surface area contributed by atoms with E-state index in [4.69, 9.17) is 11.5 Å². The first kappa shape index (κ1) is 81.0. The Morgan fingerprint density at radius 3 is 1.36 bits per heavy atom. The molecule has 1 aliphatic rings. The van der Waals surface area contributed by atoms with Gasteiger partial charge in [-0.2, -0.15) is 0 Å². The van der Waals surface area contributed by atoms with Crippen LogP contribution in [0.5, 0.6) is 5.75 Å². The van der Waals surface area contributed by atoms with Gasteiger partial charge in [0.15, 0.2) is 5.96 Å². The number of hydrogen-bond acceptors (Lipinski definition) is 15. The maximum atomic E-state index is 15.0. The average Bonchev–Trinajstić information content (AvgIpc) is 1.77. The van der Waals surface area contributed by atoms with Crippen LogP contribution >= 0.6 is 0 Å². The van der Waals surface area contributed by atoms with Crippen LogP contribution in [0.15, 0.2) is 163 Å². The van der Waals surface area contributed by atoms with Crippen LogP contribution in [0.1, 0.15) is 100 Å². The Morgan fingerprint density at radius 1 is 0.476 bits per heavy atom. The van der Waals surface area contributed by atoms with Crippen molar-refractivity contribution < 1.29 is 68.1 Å². The Bertz CT molecular complexity index is 3940. The zero-order valence-corrected chi connectivity index (χ0v) is 59.6. The lowest BCUT2D eigenvalue weighted by atomic mass is 9.99. The van der Waals surface area contributed by atoms with Gasteiger partial charge in [0.1, 0.15) is 66.2 Å². The molecule has 0 saturated carbocycles. The number of benzene rings is 6. The van der Waals surface area contributed by atoms with Crippen molar-refractivity contribution in [2.45, 2.75) is 171 Å². The average molecular weight is 1440 g/mol. The van der Waals surface area contributed by atoms with Crippen LogP contribution < -0.4 is 64.6 Å². The second kappa shape index (κ2) is 41.1. The molecule has 1 heterocycles. The quantitative estimate of drug-likeness (QED) is 0.0148. The number of aromatic hydroxyl groups is 1. The van der Waals surface area contributed by atoms with E-state index in [2.05, 4.69) is 58.2 Å². The minimum Gasteiger partial charge on any atom is -0.508 e. The summed E-state index contributed by atoms with van der Waals surface area (Å²) in [6.45, 7) is 6.20. The highest BCUT2D eigenvalue weighted by atomic mass is 16.4. The van der Waals surface area contributed by atoms with Gasteiger partial charge in [-0.05, 0) is 109 Å². The van der Waals surface area contributed by atoms with Crippen molar-refractivity contribution >= 4 is 81.8 Å². The summed E-state index contributed by atoms with van der Waals surface area (Å²) >= 11 is 0. The minimum absolute atomic E-state index is 0.0253. The third kappa shape index (κ3) is 26.5. The van der Waals surface area contributed by atoms with Crippen molar-refractivity contribution in [3.05, 3.63) is 186 Å². The predicted molar refractivity (Wildman–Crippen MR) is 395 cm³/mol. The first-order valence-corrected chi connectivity index (χ1v) is 35.3. The first-order valence-electron chi connectivity index (χ1n) is 35.3. The van der Waals surface area contributed by atoms with E-state index in [0.29, 0.717) is 48.1 Å². The number of nitrogens with zero attached hydrogens (tertiary/aromatic N) is 2. The SMILES string of the molecule is CC(=O)N[C@H](Cc1ccc2ccccc2c1)C(=O)N[C@H](Cc1ccccc1)C(=O)N[C@H](Cc1ccccc1)C(=O)N[C@@H](CO)C(=O)N[C@@H](Cc1ccc(O)cc1)C(=O)N[C@H](CCCN=C(N)N)C(=O)N[C@@H](Cc1ccccc1)C(=O)N[C@@H](CCCCNC(C)C)C(=O)N1CCC[C@@H]1C(=O)N[C@H](C)C(=O)O. The predicted octanol–water partition coefficient (Wildman–Crippen LogP) is 1.75. The van der Waals surface area contributed by atoms with Crippen molar-refractivity contribution in [3.63, 3.8) is 0 Å². The van der Waals surface area contributed by atoms with Crippen molar-refractivity contribution in [3.8, 4) is 5.75 Å². The summed E-state index contributed by atoms with van der Waals surface area (Å²) in [5, 5.41) is 60.2. The standard InChI is InChI=1S/C77H98N14O14/c1-47(2)80-37-17-16-28-59(75(103)91-39-19-30-66(91)74(102)82-48(3)76(104)105)85-70(98)61(41-50-20-8-5-9-21-50)86-67(95)58(29-18-38-81-77(78)79)84-69(97)64(44-53-32-35-57(94)36-33-53)89-73(101)65(46-92)90-72(100)63(43-52-24-12-7-13-25-52)88-71(99)62(42-51-22-10-6-11-23-51)87-68(96)60(83-49(4)93)45-54-31-34-55-26-14-15-27-56(55)40-54/h5-15,20-27,31-36,40,47-48,58-66,80,92,94H,16-19,28-30,37-39,41-46H2,1-4H3,(H,82,102)(H,83,93)(H,84,97)(H,85,98)(H,86,95)(H,87,96)(H,88,99)(H,89,101)(H,90,100)(H,104,105)(H4,78,79,81)/t48-,58-,59+,60-,61+,62-,63-,64+,65+,66-/m1/s1. The number of nitrogens with two attached hydrogens (primary N) is 2. The Labute approximate surface area is 610 Å². The molecule has 1 aliphatic heterocycles. The first-order chi connectivity index (χ1) is 50.3.